The van der Waals surface area contributed by atoms with Crippen LogP contribution < -0.4 is 10.6 Å². The molecule has 2 fully saturated rings. The molecule has 8 heterocycles. The number of nitrogens with one attached hydrogen (secondary N) is 2. The smallest absolute Gasteiger partial charge is 0.229 e. The fraction of sp³-hybridized carbons (Fsp3) is 0.439. The zero-order valence-electron chi connectivity index (χ0n) is 46.0. The van der Waals surface area contributed by atoms with Crippen LogP contribution in [-0.2, 0) is 13.1 Å². The zero-order chi connectivity index (χ0) is 54.8. The first-order chi connectivity index (χ1) is 36.9. The van der Waals surface area contributed by atoms with Crippen LogP contribution in [0.2, 0.25) is 0 Å². The molecule has 77 heavy (non-hydrogen) atoms. The van der Waals surface area contributed by atoms with Gasteiger partial charge < -0.3 is 19.8 Å². The molecule has 20 heteroatoms. The van der Waals surface area contributed by atoms with E-state index in [0.717, 1.165) is 82.4 Å². The van der Waals surface area contributed by atoms with Crippen LogP contribution in [0, 0.1) is 37.1 Å². The van der Waals surface area contributed by atoms with Crippen molar-refractivity contribution in [2.75, 3.05) is 56.4 Å². The Morgan fingerprint density at radius 3 is 1.39 bits per heavy atom. The van der Waals surface area contributed by atoms with E-state index >= 15 is 0 Å². The number of aryl methyl sites for hydroxylation is 2. The average Bonchev–Trinajstić information content (AvgIpc) is 3.95. The normalized spacial score (nSPS) is 17.9. The molecule has 2 aliphatic rings. The first-order valence-corrected chi connectivity index (χ1v) is 26.7. The summed E-state index contributed by atoms with van der Waals surface area (Å²) in [5.41, 5.74) is 4.62. The monoisotopic (exact) mass is 1050 g/mol. The number of halogens is 4. The Morgan fingerprint density at radius 1 is 0.532 bits per heavy atom. The van der Waals surface area contributed by atoms with Crippen molar-refractivity contribution in [1.82, 2.24) is 68.6 Å². The van der Waals surface area contributed by atoms with Gasteiger partial charge in [0.25, 0.3) is 0 Å². The molecule has 2 N–H and O–H groups in total. The van der Waals surface area contributed by atoms with E-state index in [2.05, 4.69) is 105 Å². The number of aromatic nitrogens is 10. The van der Waals surface area contributed by atoms with Gasteiger partial charge >= 0.3 is 0 Å². The SMILES string of the molecule is CCN1C(C)CN(Cc2ccc(Nc3ncc(F)c(-c4cc(F)c5nc(C)n(C(C)C)c5c4)n3)nc2)C[C@H]1C.CCN1CCN(Cc2ccc(Nc3ncc(F)c(-c4cc(F)c5nc(C)n(C(C)C)c5c4)n3)nc2)C[C@H]1C. The third-order valence-corrected chi connectivity index (χ3v) is 14.7. The molecule has 1 unspecified atom stereocenters. The largest absolute Gasteiger partial charge is 0.326 e. The van der Waals surface area contributed by atoms with Crippen LogP contribution in [0.1, 0.15) is 97.2 Å². The molecule has 3 atom stereocenters. The second-order valence-electron chi connectivity index (χ2n) is 21.0. The lowest BCUT2D eigenvalue weighted by Crippen LogP contribution is -2.56. The molecule has 0 amide bonds. The molecule has 0 spiro atoms. The molecule has 16 nitrogen and oxygen atoms in total. The summed E-state index contributed by atoms with van der Waals surface area (Å²) >= 11 is 0. The molecule has 10 rings (SSSR count). The van der Waals surface area contributed by atoms with Crippen molar-refractivity contribution >= 4 is 45.6 Å². The van der Waals surface area contributed by atoms with Gasteiger partial charge in [0.1, 0.15) is 45.7 Å². The molecule has 0 aliphatic carbocycles. The molecular formula is C57H70F4N16. The van der Waals surface area contributed by atoms with Crippen molar-refractivity contribution in [1.29, 1.82) is 0 Å². The lowest BCUT2D eigenvalue weighted by atomic mass is 10.1. The predicted octanol–water partition coefficient (Wildman–Crippen LogP) is 11.0. The van der Waals surface area contributed by atoms with Gasteiger partial charge in [-0.1, -0.05) is 26.0 Å². The summed E-state index contributed by atoms with van der Waals surface area (Å²) in [5.74, 6) is 0.537. The van der Waals surface area contributed by atoms with Crippen molar-refractivity contribution in [2.24, 2.45) is 0 Å². The van der Waals surface area contributed by atoms with E-state index in [-0.39, 0.29) is 46.4 Å². The molecule has 2 saturated heterocycles. The highest BCUT2D eigenvalue weighted by Crippen LogP contribution is 2.33. The summed E-state index contributed by atoms with van der Waals surface area (Å²) in [6.45, 7) is 31.9. The van der Waals surface area contributed by atoms with E-state index in [9.17, 15) is 17.6 Å². The number of piperazine rings is 2. The number of anilines is 4. The van der Waals surface area contributed by atoms with Gasteiger partial charge in [0, 0.05) is 99.5 Å². The first-order valence-electron chi connectivity index (χ1n) is 26.7. The van der Waals surface area contributed by atoms with Gasteiger partial charge in [-0.15, -0.1) is 0 Å². The molecule has 0 radical (unpaired) electrons. The van der Waals surface area contributed by atoms with Gasteiger partial charge in [0.15, 0.2) is 23.3 Å². The number of benzene rings is 2. The topological polar surface area (TPSA) is 150 Å². The first kappa shape index (κ1) is 54.8. The van der Waals surface area contributed by atoms with Crippen molar-refractivity contribution in [3.05, 3.63) is 119 Å². The maximum atomic E-state index is 15.0. The molecule has 0 bridgehead atoms. The van der Waals surface area contributed by atoms with Gasteiger partial charge in [0.2, 0.25) is 11.9 Å². The lowest BCUT2D eigenvalue weighted by Gasteiger charge is -2.44. The Hall–Kier alpha value is -7.00. The Balaban J connectivity index is 0.000000188. The molecular weight excluding hydrogens is 985 g/mol. The fourth-order valence-corrected chi connectivity index (χ4v) is 11.2. The molecule has 406 valence electrons. The van der Waals surface area contributed by atoms with E-state index in [0.29, 0.717) is 63.6 Å². The van der Waals surface area contributed by atoms with Crippen LogP contribution in [-0.4, -0.2) is 133 Å². The second-order valence-corrected chi connectivity index (χ2v) is 21.0. The maximum absolute atomic E-state index is 15.0. The Kier molecular flexibility index (Phi) is 16.6. The Labute approximate surface area is 448 Å². The van der Waals surface area contributed by atoms with E-state index in [1.807, 2.05) is 87.3 Å². The molecule has 2 aliphatic heterocycles. The van der Waals surface area contributed by atoms with E-state index in [4.69, 9.17) is 0 Å². The second kappa shape index (κ2) is 23.3. The van der Waals surface area contributed by atoms with Gasteiger partial charge in [0.05, 0.1) is 23.4 Å². The molecule has 6 aromatic heterocycles. The highest BCUT2D eigenvalue weighted by molar-refractivity contribution is 5.84. The summed E-state index contributed by atoms with van der Waals surface area (Å²) in [4.78, 5) is 44.6. The van der Waals surface area contributed by atoms with Crippen LogP contribution in [0.3, 0.4) is 0 Å². The zero-order valence-corrected chi connectivity index (χ0v) is 46.0. The quantitative estimate of drug-likeness (QED) is 0.0995. The number of nitrogens with zero attached hydrogens (tertiary/aromatic N) is 14. The van der Waals surface area contributed by atoms with Gasteiger partial charge in [-0.05, 0) is 123 Å². The number of hydrogen-bond acceptors (Lipinski definition) is 14. The molecule has 8 aromatic rings. The third kappa shape index (κ3) is 12.1. The number of likely N-dealkylation sites (N-methyl/N-ethyl adjacent to an activating group) is 2. The van der Waals surface area contributed by atoms with E-state index < -0.39 is 23.3 Å². The highest BCUT2D eigenvalue weighted by atomic mass is 19.1. The number of hydrogen-bond donors (Lipinski definition) is 2. The highest BCUT2D eigenvalue weighted by Gasteiger charge is 2.29. The number of fused-ring (bicyclic) bond motifs is 2. The van der Waals surface area contributed by atoms with E-state index in [1.54, 1.807) is 12.1 Å². The summed E-state index contributed by atoms with van der Waals surface area (Å²) in [6.07, 6.45) is 5.85. The predicted molar refractivity (Wildman–Crippen MR) is 295 cm³/mol. The van der Waals surface area contributed by atoms with Crippen molar-refractivity contribution in [3.63, 3.8) is 0 Å². The number of rotatable bonds is 14. The number of pyridine rings is 2. The van der Waals surface area contributed by atoms with Crippen molar-refractivity contribution in [2.45, 2.75) is 119 Å². The Morgan fingerprint density at radius 2 is 0.987 bits per heavy atom. The number of imidazole rings is 2. The van der Waals surface area contributed by atoms with Crippen molar-refractivity contribution in [3.8, 4) is 22.5 Å². The van der Waals surface area contributed by atoms with Crippen LogP contribution >= 0.6 is 0 Å². The fourth-order valence-electron chi connectivity index (χ4n) is 11.2. The van der Waals surface area contributed by atoms with Crippen LogP contribution in [0.25, 0.3) is 44.6 Å². The summed E-state index contributed by atoms with van der Waals surface area (Å²) in [6, 6.07) is 15.5. The van der Waals surface area contributed by atoms with Crippen LogP contribution in [0.4, 0.5) is 41.1 Å². The minimum absolute atomic E-state index is 0.00791. The summed E-state index contributed by atoms with van der Waals surface area (Å²) in [5, 5.41) is 6.10. The van der Waals surface area contributed by atoms with Crippen LogP contribution in [0.5, 0.6) is 0 Å². The lowest BCUT2D eigenvalue weighted by molar-refractivity contribution is 0.0391. The third-order valence-electron chi connectivity index (χ3n) is 14.7. The van der Waals surface area contributed by atoms with Crippen LogP contribution in [0.15, 0.2) is 73.3 Å². The maximum Gasteiger partial charge on any atom is 0.229 e. The molecule has 0 saturated carbocycles. The van der Waals surface area contributed by atoms with Gasteiger partial charge in [-0.2, -0.15) is 0 Å². The standard InChI is InChI=1S/C29H36F2N8.C28H34F2N8/c1-7-38-18(4)14-37(15-19(38)5)16-21-8-9-26(32-12-21)35-29-33-13-24(31)27(36-29)22-10-23(30)28-25(11-22)39(17(2)3)20(6)34-28;1-6-37-10-9-36(15-18(37)4)16-20-7-8-25(31-13-20)34-28-32-14-23(30)26(35-28)21-11-22(29)27-24(12-21)38(17(2)3)19(5)33-27/h8-13,17-19H,7,14-16H2,1-6H3,(H,32,33,35,36);7-8,11-14,17-18H,6,9-10,15-16H2,1-5H3,(H,31,32,34,35)/t18-,19?;18-/m11/s1. The summed E-state index contributed by atoms with van der Waals surface area (Å²) in [7, 11) is 0. The van der Waals surface area contributed by atoms with E-state index in [1.165, 1.54) is 12.1 Å². The minimum atomic E-state index is -0.637. The van der Waals surface area contributed by atoms with Gasteiger partial charge in [-0.25, -0.2) is 57.4 Å². The van der Waals surface area contributed by atoms with Crippen molar-refractivity contribution < 1.29 is 17.6 Å². The average molecular weight is 1060 g/mol. The van der Waals surface area contributed by atoms with Gasteiger partial charge in [-0.3, -0.25) is 19.6 Å². The minimum Gasteiger partial charge on any atom is -0.326 e. The molecule has 2 aromatic carbocycles. The Bertz CT molecular complexity index is 3330. The summed E-state index contributed by atoms with van der Waals surface area (Å²) < 4.78 is 63.5.